The van der Waals surface area contributed by atoms with Gasteiger partial charge in [0.2, 0.25) is 0 Å². The lowest BCUT2D eigenvalue weighted by molar-refractivity contribution is -0.00486. The molecule has 0 amide bonds. The molecule has 0 aliphatic carbocycles. The second-order valence-corrected chi connectivity index (χ2v) is 4.33. The molecule has 1 aliphatic heterocycles. The van der Waals surface area contributed by atoms with Gasteiger partial charge < -0.3 is 4.74 Å². The van der Waals surface area contributed by atoms with E-state index in [4.69, 9.17) is 4.74 Å². The number of rotatable bonds is 3. The summed E-state index contributed by atoms with van der Waals surface area (Å²) in [6.07, 6.45) is 0. The summed E-state index contributed by atoms with van der Waals surface area (Å²) >= 11 is 3.50. The summed E-state index contributed by atoms with van der Waals surface area (Å²) in [5.74, 6) is 0.741. The fourth-order valence-electron chi connectivity index (χ4n) is 1.48. The second kappa shape index (κ2) is 5.20. The Morgan fingerprint density at radius 1 is 1.67 bits per heavy atom. The quantitative estimate of drug-likeness (QED) is 0.692. The average Bonchev–Trinajstić information content (AvgIpc) is 2.09. The molecule has 1 heterocycles. The van der Waals surface area contributed by atoms with E-state index in [1.165, 1.54) is 6.54 Å². The van der Waals surface area contributed by atoms with E-state index in [2.05, 4.69) is 34.7 Å². The minimum absolute atomic E-state index is 0.597. The number of hydrogen-bond acceptors (Lipinski definition) is 2. The zero-order chi connectivity index (χ0) is 8.97. The lowest BCUT2D eigenvalue weighted by Crippen LogP contribution is -2.45. The Morgan fingerprint density at radius 2 is 2.42 bits per heavy atom. The maximum Gasteiger partial charge on any atom is 0.0619 e. The van der Waals surface area contributed by atoms with Crippen molar-refractivity contribution in [3.05, 3.63) is 0 Å². The van der Waals surface area contributed by atoms with Crippen LogP contribution in [0.2, 0.25) is 0 Å². The van der Waals surface area contributed by atoms with E-state index in [-0.39, 0.29) is 0 Å². The third-order valence-corrected chi connectivity index (χ3v) is 3.42. The predicted octanol–water partition coefficient (Wildman–Crippen LogP) is 1.74. The minimum Gasteiger partial charge on any atom is -0.379 e. The number of nitrogens with zero attached hydrogens (tertiary/aromatic N) is 1. The lowest BCUT2D eigenvalue weighted by Gasteiger charge is -2.34. The van der Waals surface area contributed by atoms with Gasteiger partial charge in [-0.25, -0.2) is 0 Å². The number of morpholine rings is 1. The molecule has 1 rings (SSSR count). The molecule has 0 N–H and O–H groups in total. The fourth-order valence-corrected chi connectivity index (χ4v) is 1.69. The van der Waals surface area contributed by atoms with E-state index in [1.807, 2.05) is 0 Å². The molecule has 1 aliphatic rings. The van der Waals surface area contributed by atoms with Crippen molar-refractivity contribution in [2.75, 3.05) is 31.6 Å². The van der Waals surface area contributed by atoms with Crippen molar-refractivity contribution in [3.63, 3.8) is 0 Å². The highest BCUT2D eigenvalue weighted by Gasteiger charge is 2.19. The Bertz CT molecular complexity index is 132. The van der Waals surface area contributed by atoms with Crippen LogP contribution in [0.5, 0.6) is 0 Å². The van der Waals surface area contributed by atoms with Crippen LogP contribution in [0.4, 0.5) is 0 Å². The van der Waals surface area contributed by atoms with Crippen molar-refractivity contribution in [1.82, 2.24) is 4.90 Å². The summed E-state index contributed by atoms with van der Waals surface area (Å²) in [6, 6.07) is 0.597. The van der Waals surface area contributed by atoms with Crippen molar-refractivity contribution in [3.8, 4) is 0 Å². The van der Waals surface area contributed by atoms with E-state index < -0.39 is 0 Å². The topological polar surface area (TPSA) is 12.5 Å². The van der Waals surface area contributed by atoms with Gasteiger partial charge >= 0.3 is 0 Å². The third-order valence-electron chi connectivity index (χ3n) is 2.31. The molecule has 0 aromatic heterocycles. The molecule has 0 bridgehead atoms. The molecule has 0 aromatic rings. The van der Waals surface area contributed by atoms with E-state index in [0.717, 1.165) is 31.0 Å². The van der Waals surface area contributed by atoms with E-state index in [1.54, 1.807) is 0 Å². The summed E-state index contributed by atoms with van der Waals surface area (Å²) in [6.45, 7) is 8.60. The van der Waals surface area contributed by atoms with Crippen molar-refractivity contribution in [2.45, 2.75) is 19.9 Å². The smallest absolute Gasteiger partial charge is 0.0619 e. The van der Waals surface area contributed by atoms with Crippen LogP contribution < -0.4 is 0 Å². The molecule has 1 fully saturated rings. The van der Waals surface area contributed by atoms with Gasteiger partial charge in [0.05, 0.1) is 13.2 Å². The van der Waals surface area contributed by atoms with Gasteiger partial charge in [0, 0.05) is 24.5 Å². The molecule has 72 valence electrons. The van der Waals surface area contributed by atoms with Crippen molar-refractivity contribution in [2.24, 2.45) is 5.92 Å². The van der Waals surface area contributed by atoms with Crippen LogP contribution in [-0.4, -0.2) is 42.6 Å². The highest BCUT2D eigenvalue weighted by atomic mass is 79.9. The van der Waals surface area contributed by atoms with Crippen LogP contribution in [-0.2, 0) is 4.74 Å². The van der Waals surface area contributed by atoms with Crippen LogP contribution in [0, 0.1) is 5.92 Å². The molecular formula is C9H18BrNO. The van der Waals surface area contributed by atoms with Gasteiger partial charge in [-0.15, -0.1) is 0 Å². The zero-order valence-corrected chi connectivity index (χ0v) is 9.51. The minimum atomic E-state index is 0.597. The van der Waals surface area contributed by atoms with E-state index in [0.29, 0.717) is 6.04 Å². The van der Waals surface area contributed by atoms with Gasteiger partial charge in [-0.05, 0) is 12.8 Å². The lowest BCUT2D eigenvalue weighted by atomic mass is 10.1. The van der Waals surface area contributed by atoms with E-state index in [9.17, 15) is 0 Å². The highest BCUT2D eigenvalue weighted by Crippen LogP contribution is 2.10. The van der Waals surface area contributed by atoms with Gasteiger partial charge in [0.25, 0.3) is 0 Å². The van der Waals surface area contributed by atoms with Gasteiger partial charge in [-0.1, -0.05) is 22.9 Å². The number of alkyl halides is 1. The maximum absolute atomic E-state index is 5.37. The first kappa shape index (κ1) is 10.5. The van der Waals surface area contributed by atoms with Crippen molar-refractivity contribution < 1.29 is 4.74 Å². The molecule has 12 heavy (non-hydrogen) atoms. The second-order valence-electron chi connectivity index (χ2n) is 3.68. The summed E-state index contributed by atoms with van der Waals surface area (Å²) in [4.78, 5) is 2.51. The number of hydrogen-bond donors (Lipinski definition) is 0. The Balaban J connectivity index is 2.28. The van der Waals surface area contributed by atoms with Crippen LogP contribution in [0.1, 0.15) is 13.8 Å². The standard InChI is InChI=1S/C9H18BrNO/c1-8(5-10)6-11-3-4-12-7-9(11)2/h8-9H,3-7H2,1-2H3. The SMILES string of the molecule is CC(CBr)CN1CCOCC1C. The van der Waals surface area contributed by atoms with Crippen LogP contribution in [0.25, 0.3) is 0 Å². The largest absolute Gasteiger partial charge is 0.379 e. The van der Waals surface area contributed by atoms with Gasteiger partial charge in [0.1, 0.15) is 0 Å². The Kier molecular flexibility index (Phi) is 4.54. The third kappa shape index (κ3) is 3.04. The molecule has 0 spiro atoms. The summed E-state index contributed by atoms with van der Waals surface area (Å²) in [5.41, 5.74) is 0. The molecule has 2 atom stereocenters. The van der Waals surface area contributed by atoms with E-state index >= 15 is 0 Å². The van der Waals surface area contributed by atoms with Gasteiger partial charge in [-0.2, -0.15) is 0 Å². The number of halogens is 1. The van der Waals surface area contributed by atoms with Crippen LogP contribution in [0.3, 0.4) is 0 Å². The fraction of sp³-hybridized carbons (Fsp3) is 1.00. The first-order chi connectivity index (χ1) is 5.74. The Labute approximate surface area is 83.4 Å². The molecule has 3 heteroatoms. The molecule has 0 saturated carbocycles. The monoisotopic (exact) mass is 235 g/mol. The molecule has 2 nitrogen and oxygen atoms in total. The molecule has 2 unspecified atom stereocenters. The molecule has 0 aromatic carbocycles. The average molecular weight is 236 g/mol. The molecule has 1 saturated heterocycles. The Morgan fingerprint density at radius 3 is 3.00 bits per heavy atom. The summed E-state index contributed by atoms with van der Waals surface area (Å²) in [5, 5.41) is 1.09. The van der Waals surface area contributed by atoms with Crippen molar-refractivity contribution >= 4 is 15.9 Å². The normalized spacial score (nSPS) is 28.8. The maximum atomic E-state index is 5.37. The van der Waals surface area contributed by atoms with Crippen LogP contribution in [0.15, 0.2) is 0 Å². The highest BCUT2D eigenvalue weighted by molar-refractivity contribution is 9.09. The molecular weight excluding hydrogens is 218 g/mol. The molecule has 0 radical (unpaired) electrons. The van der Waals surface area contributed by atoms with Crippen molar-refractivity contribution in [1.29, 1.82) is 0 Å². The first-order valence-corrected chi connectivity index (χ1v) is 5.74. The first-order valence-electron chi connectivity index (χ1n) is 4.61. The summed E-state index contributed by atoms with van der Waals surface area (Å²) in [7, 11) is 0. The van der Waals surface area contributed by atoms with Gasteiger partial charge in [0.15, 0.2) is 0 Å². The number of ether oxygens (including phenoxy) is 1. The Hall–Kier alpha value is 0.400. The van der Waals surface area contributed by atoms with Gasteiger partial charge in [-0.3, -0.25) is 4.90 Å². The summed E-state index contributed by atoms with van der Waals surface area (Å²) < 4.78 is 5.37. The predicted molar refractivity (Wildman–Crippen MR) is 54.8 cm³/mol. The zero-order valence-electron chi connectivity index (χ0n) is 7.92. The van der Waals surface area contributed by atoms with Crippen LogP contribution >= 0.6 is 15.9 Å².